The number of H-pyrrole nitrogens is 2. The van der Waals surface area contributed by atoms with Crippen molar-refractivity contribution < 1.29 is 18.9 Å². The van der Waals surface area contributed by atoms with Crippen LogP contribution in [0.4, 0.5) is 0 Å². The summed E-state index contributed by atoms with van der Waals surface area (Å²) in [7, 11) is 0. The zero-order valence-corrected chi connectivity index (χ0v) is 42.0. The second-order valence-electron chi connectivity index (χ2n) is 17.1. The minimum absolute atomic E-state index is 0.664. The van der Waals surface area contributed by atoms with Crippen molar-refractivity contribution in [1.82, 2.24) is 39.5 Å². The summed E-state index contributed by atoms with van der Waals surface area (Å²) in [6.45, 7) is 3.88. The van der Waals surface area contributed by atoms with Crippen LogP contribution < -0.4 is 14.2 Å². The number of ether oxygens (including phenoxy) is 4. The van der Waals surface area contributed by atoms with Gasteiger partial charge in [0.2, 0.25) is 0 Å². The van der Waals surface area contributed by atoms with E-state index in [0.717, 1.165) is 83.0 Å². The maximum atomic E-state index is 5.30. The van der Waals surface area contributed by atoms with Gasteiger partial charge < -0.3 is 28.3 Å². The Hall–Kier alpha value is -9.65. The Morgan fingerprint density at radius 2 is 1.01 bits per heavy atom. The van der Waals surface area contributed by atoms with Gasteiger partial charge in [-0.05, 0) is 101 Å². The molecule has 0 saturated heterocycles. The number of nitrogens with one attached hydrogen (secondary N) is 2. The van der Waals surface area contributed by atoms with Gasteiger partial charge in [-0.15, -0.1) is 0 Å². The summed E-state index contributed by atoms with van der Waals surface area (Å²) in [5.41, 5.74) is 9.43. The third kappa shape index (κ3) is 15.2. The lowest BCUT2D eigenvalue weighted by molar-refractivity contribution is 0.111. The largest absolute Gasteiger partial charge is 0.493 e. The van der Waals surface area contributed by atoms with Gasteiger partial charge in [-0.2, -0.15) is 5.10 Å². The Morgan fingerprint density at radius 3 is 1.75 bits per heavy atom. The zero-order chi connectivity index (χ0) is 51.7. The number of hydrogen-bond donors (Lipinski definition) is 2. The van der Waals surface area contributed by atoms with E-state index in [1.807, 2.05) is 193 Å². The van der Waals surface area contributed by atoms with Gasteiger partial charge in [-0.1, -0.05) is 140 Å². The number of rotatable bonds is 0. The SMILES string of the molecule is c1ccc2[nH]cnc2c1.c1ccc2[nH]ncc2c1.c1ccc2c(c1)CCO2.c1ccc2c(c1)CCOC2.c1ccc2c(c1)OCCO2.c1ccc2cnccc2c1.c1ccc2ncccc2c1.c1ccn2ccnc2c1. The molecule has 0 spiro atoms. The zero-order valence-electron chi connectivity index (χ0n) is 42.0. The first-order chi connectivity index (χ1) is 37.7. The van der Waals surface area contributed by atoms with Crippen LogP contribution in [0.15, 0.2) is 256 Å². The number of imidazole rings is 2. The topological polar surface area (TPSA) is 137 Å². The molecule has 0 atom stereocenters. The highest BCUT2D eigenvalue weighted by Gasteiger charge is 2.09. The Morgan fingerprint density at radius 1 is 0.395 bits per heavy atom. The van der Waals surface area contributed by atoms with Crippen LogP contribution in [0, 0.1) is 0 Å². The van der Waals surface area contributed by atoms with E-state index < -0.39 is 0 Å². The lowest BCUT2D eigenvalue weighted by atomic mass is 10.0. The van der Waals surface area contributed by atoms with Gasteiger partial charge in [0.25, 0.3) is 0 Å². The van der Waals surface area contributed by atoms with Crippen molar-refractivity contribution in [1.29, 1.82) is 0 Å². The van der Waals surface area contributed by atoms with E-state index >= 15 is 0 Å². The molecule has 2 N–H and O–H groups in total. The van der Waals surface area contributed by atoms with Crippen molar-refractivity contribution in [2.75, 3.05) is 26.4 Å². The molecule has 9 heterocycles. The van der Waals surface area contributed by atoms with Gasteiger partial charge in [0.1, 0.15) is 24.6 Å². The average molecular weight is 1000 g/mol. The maximum absolute atomic E-state index is 5.30. The molecule has 13 aromatic rings. The molecule has 0 bridgehead atoms. The summed E-state index contributed by atoms with van der Waals surface area (Å²) in [5, 5.41) is 11.6. The average Bonchev–Trinajstić information content (AvgIpc) is 4.37. The Bertz CT molecular complexity index is 3210. The molecule has 0 amide bonds. The van der Waals surface area contributed by atoms with Crippen molar-refractivity contribution in [2.45, 2.75) is 19.4 Å². The molecule has 76 heavy (non-hydrogen) atoms. The van der Waals surface area contributed by atoms with Crippen LogP contribution in [-0.2, 0) is 24.2 Å². The number of aromatic amines is 2. The fourth-order valence-electron chi connectivity index (χ4n) is 8.09. The molecule has 6 aromatic heterocycles. The van der Waals surface area contributed by atoms with Gasteiger partial charge in [0, 0.05) is 54.4 Å². The predicted octanol–water partition coefficient (Wildman–Crippen LogP) is 13.8. The number of pyridine rings is 3. The molecular weight excluding hydrogens is 945 g/mol. The lowest BCUT2D eigenvalue weighted by Crippen LogP contribution is -2.14. The molecular formula is C64H58N8O4. The highest BCUT2D eigenvalue weighted by molar-refractivity contribution is 5.81. The summed E-state index contributed by atoms with van der Waals surface area (Å²) in [5.74, 6) is 2.78. The summed E-state index contributed by atoms with van der Waals surface area (Å²) >= 11 is 0. The fourth-order valence-corrected chi connectivity index (χ4v) is 8.09. The molecule has 0 unspecified atom stereocenters. The summed E-state index contributed by atoms with van der Waals surface area (Å²) < 4.78 is 23.2. The standard InChI is InChI=1S/2C9H7N.C9H10O.C8H8O2.C8H8O.3C7H6N2/c1-2-6-9-8(4-1)5-3-7-10-9;2*1-2-4-9-7-10-6-5-8(9)3-1;1-2-4-8-7(3-1)9-5-6-10-8;1-2-4-8-7(3-1)5-6-9-8;1-2-5-9-6-4-8-7(9)3-1;1-2-4-7-6(3-1)8-5-9-7;1-2-4-7-6(3-1)5-8-9-7/h2*1-7H;1-4H,5-7H2;1-4H,5-6H2;1-4H,5-6H2;1-6H;2*1-5H,(H,8,9). The van der Waals surface area contributed by atoms with Crippen molar-refractivity contribution in [3.05, 3.63) is 273 Å². The van der Waals surface area contributed by atoms with Gasteiger partial charge in [0.05, 0.1) is 54.4 Å². The number of nitrogens with zero attached hydrogens (tertiary/aromatic N) is 6. The summed E-state index contributed by atoms with van der Waals surface area (Å²) in [6.07, 6.45) is 16.8. The van der Waals surface area contributed by atoms with Crippen molar-refractivity contribution >= 4 is 49.3 Å². The molecule has 3 aliphatic heterocycles. The monoisotopic (exact) mass is 1000 g/mol. The van der Waals surface area contributed by atoms with E-state index in [1.54, 1.807) is 12.5 Å². The van der Waals surface area contributed by atoms with Gasteiger partial charge in [-0.25, -0.2) is 9.97 Å². The smallest absolute Gasteiger partial charge is 0.161 e. The Labute approximate surface area is 441 Å². The highest BCUT2D eigenvalue weighted by Crippen LogP contribution is 2.28. The van der Waals surface area contributed by atoms with E-state index in [2.05, 4.69) is 89.7 Å². The first-order valence-electron chi connectivity index (χ1n) is 25.2. The molecule has 12 heteroatoms. The molecule has 3 aliphatic rings. The molecule has 12 nitrogen and oxygen atoms in total. The van der Waals surface area contributed by atoms with E-state index in [-0.39, 0.29) is 0 Å². The minimum atomic E-state index is 0.664. The van der Waals surface area contributed by atoms with Crippen LogP contribution in [0.3, 0.4) is 0 Å². The first-order valence-corrected chi connectivity index (χ1v) is 25.2. The number of hydrogen-bond acceptors (Lipinski definition) is 9. The first kappa shape index (κ1) is 51.3. The van der Waals surface area contributed by atoms with Gasteiger partial charge >= 0.3 is 0 Å². The summed E-state index contributed by atoms with van der Waals surface area (Å²) in [4.78, 5) is 19.3. The Balaban J connectivity index is 0.000000106. The van der Waals surface area contributed by atoms with E-state index in [1.165, 1.54) is 32.8 Å². The quantitative estimate of drug-likeness (QED) is 0.152. The van der Waals surface area contributed by atoms with Crippen LogP contribution in [0.1, 0.15) is 16.7 Å². The maximum Gasteiger partial charge on any atom is 0.161 e. The van der Waals surface area contributed by atoms with Crippen molar-refractivity contribution in [3.63, 3.8) is 0 Å². The Kier molecular flexibility index (Phi) is 18.9. The number of benzene rings is 7. The second-order valence-corrected chi connectivity index (χ2v) is 17.1. The van der Waals surface area contributed by atoms with Crippen LogP contribution in [-0.4, -0.2) is 65.9 Å². The van der Waals surface area contributed by atoms with Crippen LogP contribution in [0.25, 0.3) is 49.3 Å². The van der Waals surface area contributed by atoms with Crippen LogP contribution in [0.5, 0.6) is 17.2 Å². The molecule has 7 aromatic carbocycles. The predicted molar refractivity (Wildman–Crippen MR) is 304 cm³/mol. The molecule has 0 radical (unpaired) electrons. The molecule has 16 rings (SSSR count). The molecule has 0 saturated carbocycles. The highest BCUT2D eigenvalue weighted by atomic mass is 16.6. The number of para-hydroxylation sites is 7. The fraction of sp³-hybridized carbons (Fsp3) is 0.109. The van der Waals surface area contributed by atoms with E-state index in [4.69, 9.17) is 18.9 Å². The van der Waals surface area contributed by atoms with E-state index in [9.17, 15) is 0 Å². The van der Waals surface area contributed by atoms with Gasteiger partial charge in [-0.3, -0.25) is 15.1 Å². The van der Waals surface area contributed by atoms with Gasteiger partial charge in [0.15, 0.2) is 11.5 Å². The van der Waals surface area contributed by atoms with Crippen LogP contribution >= 0.6 is 0 Å². The molecule has 0 aliphatic carbocycles. The second kappa shape index (κ2) is 28.0. The van der Waals surface area contributed by atoms with Crippen molar-refractivity contribution in [3.8, 4) is 17.2 Å². The lowest BCUT2D eigenvalue weighted by Gasteiger charge is -2.17. The normalized spacial score (nSPS) is 12.1. The third-order valence-corrected chi connectivity index (χ3v) is 12.0. The molecule has 0 fully saturated rings. The summed E-state index contributed by atoms with van der Waals surface area (Å²) in [6, 6.07) is 68.5. The number of fused-ring (bicyclic) bond motifs is 8. The van der Waals surface area contributed by atoms with Crippen LogP contribution in [0.2, 0.25) is 0 Å². The van der Waals surface area contributed by atoms with E-state index in [0.29, 0.717) is 13.2 Å². The molecule has 378 valence electrons. The minimum Gasteiger partial charge on any atom is -0.493 e. The third-order valence-electron chi connectivity index (χ3n) is 12.0. The van der Waals surface area contributed by atoms with Crippen molar-refractivity contribution in [2.24, 2.45) is 0 Å². The number of aromatic nitrogens is 8.